The molecule has 1 unspecified atom stereocenters. The minimum Gasteiger partial charge on any atom is -0.396 e. The Kier molecular flexibility index (Phi) is 2.89. The molecule has 0 spiro atoms. The molecule has 4 N–H and O–H groups in total. The maximum Gasteiger partial charge on any atom is 0.116 e. The van der Waals surface area contributed by atoms with Crippen molar-refractivity contribution in [3.8, 4) is 0 Å². The lowest BCUT2D eigenvalue weighted by molar-refractivity contribution is 0.277. The number of aliphatic hydroxyl groups is 1. The summed E-state index contributed by atoms with van der Waals surface area (Å²) < 4.78 is 0. The van der Waals surface area contributed by atoms with E-state index in [1.54, 1.807) is 0 Å². The standard InChI is InChI=1S/C11H15N3O/c12-11-8-9(6-7-15)13-14(11)10-4-2-1-3-5-10/h1-5,8-9,13,15H,6-7,12H2. The van der Waals surface area contributed by atoms with Crippen molar-refractivity contribution in [3.05, 3.63) is 42.2 Å². The molecular formula is C11H15N3O. The number of hydrogen-bond acceptors (Lipinski definition) is 4. The van der Waals surface area contributed by atoms with Gasteiger partial charge in [-0.3, -0.25) is 5.01 Å². The van der Waals surface area contributed by atoms with Gasteiger partial charge >= 0.3 is 0 Å². The summed E-state index contributed by atoms with van der Waals surface area (Å²) in [5.41, 5.74) is 10.1. The van der Waals surface area contributed by atoms with E-state index in [1.807, 2.05) is 41.4 Å². The molecule has 80 valence electrons. The molecule has 0 fully saturated rings. The van der Waals surface area contributed by atoms with Crippen molar-refractivity contribution in [1.82, 2.24) is 5.43 Å². The number of nitrogens with two attached hydrogens (primary N) is 1. The minimum absolute atomic E-state index is 0.121. The van der Waals surface area contributed by atoms with E-state index in [0.29, 0.717) is 12.2 Å². The Morgan fingerprint density at radius 3 is 2.73 bits per heavy atom. The number of anilines is 1. The van der Waals surface area contributed by atoms with Gasteiger partial charge in [-0.25, -0.2) is 5.43 Å². The topological polar surface area (TPSA) is 61.5 Å². The summed E-state index contributed by atoms with van der Waals surface area (Å²) >= 11 is 0. The third-order valence-corrected chi connectivity index (χ3v) is 2.38. The fourth-order valence-corrected chi connectivity index (χ4v) is 1.65. The third-order valence-electron chi connectivity index (χ3n) is 2.38. The lowest BCUT2D eigenvalue weighted by Gasteiger charge is -2.21. The van der Waals surface area contributed by atoms with Gasteiger partial charge in [0, 0.05) is 6.61 Å². The highest BCUT2D eigenvalue weighted by molar-refractivity contribution is 5.51. The molecule has 2 rings (SSSR count). The normalized spacial score (nSPS) is 20.5. The smallest absolute Gasteiger partial charge is 0.116 e. The summed E-state index contributed by atoms with van der Waals surface area (Å²) in [5.74, 6) is 0.680. The van der Waals surface area contributed by atoms with Crippen LogP contribution in [0.25, 0.3) is 0 Å². The average Bonchev–Trinajstić information content (AvgIpc) is 2.61. The second kappa shape index (κ2) is 4.33. The van der Waals surface area contributed by atoms with Crippen LogP contribution in [-0.2, 0) is 0 Å². The molecule has 1 aliphatic rings. The fraction of sp³-hybridized carbons (Fsp3) is 0.273. The number of hydrogen-bond donors (Lipinski definition) is 3. The highest BCUT2D eigenvalue weighted by Crippen LogP contribution is 2.19. The monoisotopic (exact) mass is 205 g/mol. The van der Waals surface area contributed by atoms with Crippen LogP contribution in [0.15, 0.2) is 42.2 Å². The van der Waals surface area contributed by atoms with Crippen LogP contribution in [0.4, 0.5) is 5.69 Å². The summed E-state index contributed by atoms with van der Waals surface area (Å²) in [6.07, 6.45) is 2.59. The molecule has 1 aliphatic heterocycles. The summed E-state index contributed by atoms with van der Waals surface area (Å²) in [6.45, 7) is 0.157. The van der Waals surface area contributed by atoms with Gasteiger partial charge in [0.25, 0.3) is 0 Å². The minimum atomic E-state index is 0.121. The molecule has 0 amide bonds. The van der Waals surface area contributed by atoms with Gasteiger partial charge in [-0.15, -0.1) is 0 Å². The van der Waals surface area contributed by atoms with E-state index in [4.69, 9.17) is 10.8 Å². The molecule has 15 heavy (non-hydrogen) atoms. The number of nitrogens with one attached hydrogen (secondary N) is 1. The van der Waals surface area contributed by atoms with Crippen LogP contribution in [0.1, 0.15) is 6.42 Å². The van der Waals surface area contributed by atoms with Gasteiger partial charge in [0.15, 0.2) is 0 Å². The van der Waals surface area contributed by atoms with Gasteiger partial charge in [0.05, 0.1) is 11.7 Å². The Balaban J connectivity index is 2.11. The maximum atomic E-state index is 8.84. The Hall–Kier alpha value is -1.52. The molecular weight excluding hydrogens is 190 g/mol. The molecule has 1 heterocycles. The van der Waals surface area contributed by atoms with Gasteiger partial charge in [0.1, 0.15) is 5.82 Å². The Morgan fingerprint density at radius 1 is 1.33 bits per heavy atom. The summed E-state index contributed by atoms with van der Waals surface area (Å²) in [4.78, 5) is 0. The van der Waals surface area contributed by atoms with Crippen LogP contribution < -0.4 is 16.2 Å². The molecule has 0 aliphatic carbocycles. The third kappa shape index (κ3) is 2.11. The lowest BCUT2D eigenvalue weighted by atomic mass is 10.2. The Bertz CT molecular complexity index is 350. The number of rotatable bonds is 3. The number of hydrazine groups is 1. The van der Waals surface area contributed by atoms with Crippen molar-refractivity contribution < 1.29 is 5.11 Å². The van der Waals surface area contributed by atoms with Crippen LogP contribution >= 0.6 is 0 Å². The summed E-state index contributed by atoms with van der Waals surface area (Å²) in [5, 5.41) is 10.7. The molecule has 1 atom stereocenters. The molecule has 4 nitrogen and oxygen atoms in total. The molecule has 1 aromatic rings. The second-order valence-electron chi connectivity index (χ2n) is 3.51. The molecule has 1 aromatic carbocycles. The van der Waals surface area contributed by atoms with Gasteiger partial charge in [-0.2, -0.15) is 0 Å². The first-order valence-corrected chi connectivity index (χ1v) is 5.01. The van der Waals surface area contributed by atoms with Crippen LogP contribution in [0.2, 0.25) is 0 Å². The lowest BCUT2D eigenvalue weighted by Crippen LogP contribution is -2.39. The second-order valence-corrected chi connectivity index (χ2v) is 3.51. The summed E-state index contributed by atoms with van der Waals surface area (Å²) in [7, 11) is 0. The van der Waals surface area contributed by atoms with E-state index < -0.39 is 0 Å². The van der Waals surface area contributed by atoms with Crippen molar-refractivity contribution in [1.29, 1.82) is 0 Å². The van der Waals surface area contributed by atoms with Crippen molar-refractivity contribution in [3.63, 3.8) is 0 Å². The van der Waals surface area contributed by atoms with E-state index >= 15 is 0 Å². The first kappa shape index (κ1) is 10.0. The fourth-order valence-electron chi connectivity index (χ4n) is 1.65. The molecule has 4 heteroatoms. The van der Waals surface area contributed by atoms with Crippen LogP contribution in [0, 0.1) is 0 Å². The molecule has 0 radical (unpaired) electrons. The van der Waals surface area contributed by atoms with Crippen LogP contribution in [0.3, 0.4) is 0 Å². The van der Waals surface area contributed by atoms with Gasteiger partial charge in [-0.05, 0) is 24.6 Å². The van der Waals surface area contributed by atoms with Gasteiger partial charge < -0.3 is 10.8 Å². The zero-order chi connectivity index (χ0) is 10.7. The Morgan fingerprint density at radius 2 is 2.07 bits per heavy atom. The van der Waals surface area contributed by atoms with Gasteiger partial charge in [0.2, 0.25) is 0 Å². The van der Waals surface area contributed by atoms with Crippen molar-refractivity contribution in [2.75, 3.05) is 11.6 Å². The van der Waals surface area contributed by atoms with Crippen LogP contribution in [-0.4, -0.2) is 17.8 Å². The summed E-state index contributed by atoms with van der Waals surface area (Å²) in [6, 6.07) is 9.97. The van der Waals surface area contributed by atoms with E-state index in [1.165, 1.54) is 0 Å². The Labute approximate surface area is 89.0 Å². The molecule has 0 aromatic heterocycles. The number of aliphatic hydroxyl groups excluding tert-OH is 1. The SMILES string of the molecule is NC1=CC(CCO)NN1c1ccccc1. The van der Waals surface area contributed by atoms with Crippen molar-refractivity contribution in [2.24, 2.45) is 5.73 Å². The van der Waals surface area contributed by atoms with Crippen molar-refractivity contribution in [2.45, 2.75) is 12.5 Å². The molecule has 0 saturated heterocycles. The van der Waals surface area contributed by atoms with E-state index in [9.17, 15) is 0 Å². The van der Waals surface area contributed by atoms with Crippen molar-refractivity contribution >= 4 is 5.69 Å². The highest BCUT2D eigenvalue weighted by atomic mass is 16.3. The van der Waals surface area contributed by atoms with E-state index in [2.05, 4.69) is 5.43 Å². The number of nitrogens with zero attached hydrogens (tertiary/aromatic N) is 1. The number of benzene rings is 1. The zero-order valence-electron chi connectivity index (χ0n) is 8.43. The first-order chi connectivity index (χ1) is 7.31. The van der Waals surface area contributed by atoms with E-state index in [0.717, 1.165) is 5.69 Å². The van der Waals surface area contributed by atoms with Crippen LogP contribution in [0.5, 0.6) is 0 Å². The predicted octanol–water partition coefficient (Wildman–Crippen LogP) is 0.562. The maximum absolute atomic E-state index is 8.84. The predicted molar refractivity (Wildman–Crippen MR) is 59.8 cm³/mol. The average molecular weight is 205 g/mol. The highest BCUT2D eigenvalue weighted by Gasteiger charge is 2.20. The first-order valence-electron chi connectivity index (χ1n) is 5.01. The molecule has 0 bridgehead atoms. The number of para-hydroxylation sites is 1. The van der Waals surface area contributed by atoms with E-state index in [-0.39, 0.29) is 12.6 Å². The zero-order valence-corrected chi connectivity index (χ0v) is 8.43. The van der Waals surface area contributed by atoms with Gasteiger partial charge in [-0.1, -0.05) is 18.2 Å². The largest absolute Gasteiger partial charge is 0.396 e. The quantitative estimate of drug-likeness (QED) is 0.675. The molecule has 0 saturated carbocycles.